The third kappa shape index (κ3) is 4.63. The van der Waals surface area contributed by atoms with Gasteiger partial charge in [-0.2, -0.15) is 0 Å². The van der Waals surface area contributed by atoms with Crippen LogP contribution in [0, 0.1) is 5.82 Å². The monoisotopic (exact) mass is 374 g/mol. The minimum Gasteiger partial charge on any atom is -0.493 e. The van der Waals surface area contributed by atoms with Gasteiger partial charge in [0.15, 0.2) is 11.5 Å². The van der Waals surface area contributed by atoms with Crippen molar-refractivity contribution in [2.75, 3.05) is 39.7 Å². The Labute approximate surface area is 160 Å². The van der Waals surface area contributed by atoms with Crippen LogP contribution in [0.4, 0.5) is 10.1 Å². The Morgan fingerprint density at radius 2 is 1.74 bits per heavy atom. The molecule has 0 radical (unpaired) electrons. The first kappa shape index (κ1) is 19.3. The molecule has 1 heterocycles. The van der Waals surface area contributed by atoms with Gasteiger partial charge in [-0.1, -0.05) is 6.07 Å². The molecule has 2 aromatic carbocycles. The molecule has 1 aliphatic heterocycles. The molecule has 0 aliphatic carbocycles. The Morgan fingerprint density at radius 1 is 1.00 bits per heavy atom. The molecule has 6 heteroatoms. The van der Waals surface area contributed by atoms with Crippen LogP contribution in [0.25, 0.3) is 0 Å². The van der Waals surface area contributed by atoms with Gasteiger partial charge in [0.1, 0.15) is 5.82 Å². The van der Waals surface area contributed by atoms with Gasteiger partial charge in [-0.15, -0.1) is 0 Å². The van der Waals surface area contributed by atoms with Crippen LogP contribution >= 0.6 is 0 Å². The lowest BCUT2D eigenvalue weighted by Gasteiger charge is -2.34. The fraction of sp³-hybridized carbons (Fsp3) is 0.429. The number of halogens is 1. The molecule has 1 saturated heterocycles. The van der Waals surface area contributed by atoms with Crippen molar-refractivity contribution in [1.82, 2.24) is 4.90 Å². The van der Waals surface area contributed by atoms with Crippen LogP contribution in [0.5, 0.6) is 17.2 Å². The number of hydrogen-bond donors (Lipinski definition) is 1. The van der Waals surface area contributed by atoms with Crippen molar-refractivity contribution in [2.45, 2.75) is 25.4 Å². The molecule has 1 atom stereocenters. The molecule has 1 aliphatic rings. The van der Waals surface area contributed by atoms with E-state index in [4.69, 9.17) is 14.2 Å². The summed E-state index contributed by atoms with van der Waals surface area (Å²) in [5, 5.41) is 3.51. The van der Waals surface area contributed by atoms with Gasteiger partial charge in [0.05, 0.1) is 21.3 Å². The summed E-state index contributed by atoms with van der Waals surface area (Å²) in [5.41, 5.74) is 2.02. The van der Waals surface area contributed by atoms with Crippen molar-refractivity contribution < 1.29 is 18.6 Å². The largest absolute Gasteiger partial charge is 0.493 e. The van der Waals surface area contributed by atoms with Gasteiger partial charge in [-0.3, -0.25) is 4.90 Å². The molecule has 0 amide bonds. The minimum atomic E-state index is -0.216. The second kappa shape index (κ2) is 8.95. The minimum absolute atomic E-state index is 0.216. The summed E-state index contributed by atoms with van der Waals surface area (Å²) in [5.74, 6) is 1.78. The van der Waals surface area contributed by atoms with Crippen molar-refractivity contribution in [3.8, 4) is 17.2 Å². The number of nitrogens with one attached hydrogen (secondary N) is 1. The molecule has 1 N–H and O–H groups in total. The Bertz CT molecular complexity index is 752. The zero-order chi connectivity index (χ0) is 19.2. The predicted molar refractivity (Wildman–Crippen MR) is 104 cm³/mol. The van der Waals surface area contributed by atoms with E-state index in [-0.39, 0.29) is 5.82 Å². The summed E-state index contributed by atoms with van der Waals surface area (Å²) in [7, 11) is 4.89. The highest BCUT2D eigenvalue weighted by Gasteiger charge is 2.23. The molecule has 0 unspecified atom stereocenters. The normalized spacial score (nSPS) is 17.4. The number of anilines is 1. The summed E-state index contributed by atoms with van der Waals surface area (Å²) >= 11 is 0. The lowest BCUT2D eigenvalue weighted by molar-refractivity contribution is 0.205. The number of benzene rings is 2. The lowest BCUT2D eigenvalue weighted by atomic mass is 10.0. The fourth-order valence-electron chi connectivity index (χ4n) is 3.63. The maximum Gasteiger partial charge on any atom is 0.203 e. The maximum atomic E-state index is 13.1. The zero-order valence-electron chi connectivity index (χ0n) is 16.1. The van der Waals surface area contributed by atoms with Gasteiger partial charge in [0, 0.05) is 30.4 Å². The first-order valence-corrected chi connectivity index (χ1v) is 9.17. The third-order valence-electron chi connectivity index (χ3n) is 4.90. The van der Waals surface area contributed by atoms with E-state index in [0.717, 1.165) is 43.7 Å². The fourth-order valence-corrected chi connectivity index (χ4v) is 3.63. The second-order valence-corrected chi connectivity index (χ2v) is 6.72. The van der Waals surface area contributed by atoms with Crippen molar-refractivity contribution >= 4 is 5.69 Å². The second-order valence-electron chi connectivity index (χ2n) is 6.72. The van der Waals surface area contributed by atoms with Gasteiger partial charge in [-0.25, -0.2) is 4.39 Å². The van der Waals surface area contributed by atoms with Crippen LogP contribution in [-0.2, 0) is 6.54 Å². The number of rotatable bonds is 7. The lowest BCUT2D eigenvalue weighted by Crippen LogP contribution is -2.41. The molecule has 1 fully saturated rings. The Kier molecular flexibility index (Phi) is 6.40. The van der Waals surface area contributed by atoms with E-state index >= 15 is 0 Å². The molecule has 0 saturated carbocycles. The number of likely N-dealkylation sites (tertiary alicyclic amines) is 1. The summed E-state index contributed by atoms with van der Waals surface area (Å²) in [6.07, 6.45) is 2.20. The SMILES string of the molecule is COc1ccc(CN2CCC[C@H](Nc3ccc(F)cc3)C2)c(OC)c1OC. The van der Waals surface area contributed by atoms with E-state index in [2.05, 4.69) is 10.2 Å². The maximum absolute atomic E-state index is 13.1. The molecule has 0 bridgehead atoms. The first-order valence-electron chi connectivity index (χ1n) is 9.17. The van der Waals surface area contributed by atoms with Crippen LogP contribution in [0.15, 0.2) is 36.4 Å². The van der Waals surface area contributed by atoms with Crippen molar-refractivity contribution in [3.05, 3.63) is 47.8 Å². The van der Waals surface area contributed by atoms with E-state index in [1.54, 1.807) is 33.5 Å². The molecule has 0 spiro atoms. The standard InChI is InChI=1S/C21H27FN2O3/c1-25-19-11-6-15(20(26-2)21(19)27-3)13-24-12-4-5-18(14-24)23-17-9-7-16(22)8-10-17/h6-11,18,23H,4-5,12-14H2,1-3H3/t18-/m0/s1. The highest BCUT2D eigenvalue weighted by Crippen LogP contribution is 2.40. The molecule has 5 nitrogen and oxygen atoms in total. The molecule has 27 heavy (non-hydrogen) atoms. The van der Waals surface area contributed by atoms with E-state index in [9.17, 15) is 4.39 Å². The summed E-state index contributed by atoms with van der Waals surface area (Å²) < 4.78 is 29.5. The number of methoxy groups -OCH3 is 3. The Hall–Kier alpha value is -2.47. The van der Waals surface area contributed by atoms with Crippen LogP contribution < -0.4 is 19.5 Å². The quantitative estimate of drug-likeness (QED) is 0.796. The van der Waals surface area contributed by atoms with Crippen LogP contribution in [-0.4, -0.2) is 45.4 Å². The van der Waals surface area contributed by atoms with E-state index < -0.39 is 0 Å². The van der Waals surface area contributed by atoms with Gasteiger partial charge in [-0.05, 0) is 49.7 Å². The topological polar surface area (TPSA) is 43.0 Å². The summed E-state index contributed by atoms with van der Waals surface area (Å²) in [6.45, 7) is 2.71. The highest BCUT2D eigenvalue weighted by atomic mass is 19.1. The smallest absolute Gasteiger partial charge is 0.203 e. The molecule has 146 valence electrons. The number of hydrogen-bond acceptors (Lipinski definition) is 5. The van der Waals surface area contributed by atoms with Crippen LogP contribution in [0.1, 0.15) is 18.4 Å². The van der Waals surface area contributed by atoms with Gasteiger partial charge < -0.3 is 19.5 Å². The van der Waals surface area contributed by atoms with Crippen LogP contribution in [0.3, 0.4) is 0 Å². The van der Waals surface area contributed by atoms with Crippen molar-refractivity contribution in [3.63, 3.8) is 0 Å². The molecule has 2 aromatic rings. The molecule has 3 rings (SSSR count). The van der Waals surface area contributed by atoms with Crippen LogP contribution in [0.2, 0.25) is 0 Å². The predicted octanol–water partition coefficient (Wildman–Crippen LogP) is 3.93. The number of nitrogens with zero attached hydrogens (tertiary/aromatic N) is 1. The van der Waals surface area contributed by atoms with Crippen molar-refractivity contribution in [2.24, 2.45) is 0 Å². The van der Waals surface area contributed by atoms with E-state index in [0.29, 0.717) is 23.3 Å². The molecule has 0 aromatic heterocycles. The van der Waals surface area contributed by atoms with E-state index in [1.807, 2.05) is 12.1 Å². The molecular weight excluding hydrogens is 347 g/mol. The highest BCUT2D eigenvalue weighted by molar-refractivity contribution is 5.55. The number of piperidine rings is 1. The number of ether oxygens (including phenoxy) is 3. The average Bonchev–Trinajstić information content (AvgIpc) is 2.69. The zero-order valence-corrected chi connectivity index (χ0v) is 16.1. The van der Waals surface area contributed by atoms with Gasteiger partial charge in [0.2, 0.25) is 5.75 Å². The first-order chi connectivity index (χ1) is 13.1. The molecular formula is C21H27FN2O3. The Morgan fingerprint density at radius 3 is 2.41 bits per heavy atom. The average molecular weight is 374 g/mol. The van der Waals surface area contributed by atoms with E-state index in [1.165, 1.54) is 12.1 Å². The van der Waals surface area contributed by atoms with Gasteiger partial charge in [0.25, 0.3) is 0 Å². The van der Waals surface area contributed by atoms with Gasteiger partial charge >= 0.3 is 0 Å². The Balaban J connectivity index is 1.69. The summed E-state index contributed by atoms with van der Waals surface area (Å²) in [4.78, 5) is 2.40. The van der Waals surface area contributed by atoms with Crippen molar-refractivity contribution in [1.29, 1.82) is 0 Å². The summed E-state index contributed by atoms with van der Waals surface area (Å²) in [6, 6.07) is 10.8. The third-order valence-corrected chi connectivity index (χ3v) is 4.90.